The summed E-state index contributed by atoms with van der Waals surface area (Å²) in [6, 6.07) is 7.49. The zero-order valence-corrected chi connectivity index (χ0v) is 13.5. The van der Waals surface area contributed by atoms with Gasteiger partial charge in [-0.15, -0.1) is 0 Å². The molecule has 3 N–H and O–H groups in total. The third-order valence-corrected chi connectivity index (χ3v) is 5.67. The molecular formula is C16H26N2O2S. The Hall–Kier alpha value is -0.910. The summed E-state index contributed by atoms with van der Waals surface area (Å²) in [6.07, 6.45) is 6.07. The lowest BCUT2D eigenvalue weighted by Crippen LogP contribution is -2.34. The molecule has 1 fully saturated rings. The van der Waals surface area contributed by atoms with Crippen LogP contribution in [0.5, 0.6) is 0 Å². The number of benzene rings is 1. The molecule has 5 heteroatoms. The van der Waals surface area contributed by atoms with Crippen molar-refractivity contribution in [1.82, 2.24) is 4.72 Å². The van der Waals surface area contributed by atoms with Gasteiger partial charge in [0, 0.05) is 12.6 Å². The van der Waals surface area contributed by atoms with E-state index in [0.717, 1.165) is 38.5 Å². The number of nitrogens with two attached hydrogens (primary N) is 1. The van der Waals surface area contributed by atoms with Crippen LogP contribution < -0.4 is 10.5 Å². The van der Waals surface area contributed by atoms with Crippen molar-refractivity contribution in [3.8, 4) is 0 Å². The van der Waals surface area contributed by atoms with Gasteiger partial charge in [-0.25, -0.2) is 13.1 Å². The Morgan fingerprint density at radius 3 is 2.33 bits per heavy atom. The lowest BCUT2D eigenvalue weighted by molar-refractivity contribution is 0.326. The lowest BCUT2D eigenvalue weighted by atomic mass is 9.87. The summed E-state index contributed by atoms with van der Waals surface area (Å²) in [6.45, 7) is 2.63. The van der Waals surface area contributed by atoms with E-state index in [9.17, 15) is 8.42 Å². The van der Waals surface area contributed by atoms with E-state index >= 15 is 0 Å². The first kappa shape index (κ1) is 16.5. The number of aryl methyl sites for hydroxylation is 1. The van der Waals surface area contributed by atoms with Crippen LogP contribution in [0.2, 0.25) is 0 Å². The van der Waals surface area contributed by atoms with E-state index in [1.165, 1.54) is 5.56 Å². The normalized spacial score (nSPS) is 23.1. The van der Waals surface area contributed by atoms with E-state index in [2.05, 4.69) is 11.6 Å². The quantitative estimate of drug-likeness (QED) is 0.847. The van der Waals surface area contributed by atoms with Gasteiger partial charge in [-0.3, -0.25) is 0 Å². The second kappa shape index (κ2) is 7.38. The largest absolute Gasteiger partial charge is 0.328 e. The van der Waals surface area contributed by atoms with Crippen molar-refractivity contribution in [1.29, 1.82) is 0 Å². The Balaban J connectivity index is 1.91. The summed E-state index contributed by atoms with van der Waals surface area (Å²) in [5.41, 5.74) is 7.05. The third-order valence-electron chi connectivity index (χ3n) is 4.23. The monoisotopic (exact) mass is 310 g/mol. The molecule has 0 bridgehead atoms. The van der Waals surface area contributed by atoms with Gasteiger partial charge in [-0.2, -0.15) is 0 Å². The molecule has 0 saturated heterocycles. The molecule has 0 spiro atoms. The Morgan fingerprint density at radius 1 is 1.14 bits per heavy atom. The molecule has 0 aromatic heterocycles. The fourth-order valence-electron chi connectivity index (χ4n) is 2.83. The van der Waals surface area contributed by atoms with Gasteiger partial charge < -0.3 is 5.73 Å². The Kier molecular flexibility index (Phi) is 5.79. The van der Waals surface area contributed by atoms with E-state index in [0.29, 0.717) is 23.4 Å². The average molecular weight is 310 g/mol. The molecule has 0 heterocycles. The number of rotatable bonds is 6. The molecule has 118 valence electrons. The molecule has 1 aromatic rings. The maximum atomic E-state index is 12.3. The summed E-state index contributed by atoms with van der Waals surface area (Å²) in [7, 11) is -3.39. The van der Waals surface area contributed by atoms with Crippen molar-refractivity contribution >= 4 is 10.0 Å². The number of nitrogens with one attached hydrogen (secondary N) is 1. The van der Waals surface area contributed by atoms with Crippen LogP contribution in [0.3, 0.4) is 0 Å². The predicted octanol–water partition coefficient (Wildman–Crippen LogP) is 2.43. The molecule has 1 aliphatic carbocycles. The maximum absolute atomic E-state index is 12.3. The fourth-order valence-corrected chi connectivity index (χ4v) is 3.94. The standard InChI is InChI=1S/C16H26N2O2S/c1-2-3-13-6-10-16(11-7-13)21(19,20)18-12-14-4-8-15(17)9-5-14/h6-7,10-11,14-15,18H,2-5,8-9,12,17H2,1H3. The van der Waals surface area contributed by atoms with Gasteiger partial charge in [0.15, 0.2) is 0 Å². The lowest BCUT2D eigenvalue weighted by Gasteiger charge is -2.26. The minimum absolute atomic E-state index is 0.295. The SMILES string of the molecule is CCCc1ccc(S(=O)(=O)NCC2CCC(N)CC2)cc1. The van der Waals surface area contributed by atoms with Crippen molar-refractivity contribution in [2.24, 2.45) is 11.7 Å². The first-order valence-corrected chi connectivity index (χ1v) is 9.33. The van der Waals surface area contributed by atoms with Gasteiger partial charge in [0.05, 0.1) is 4.90 Å². The zero-order chi connectivity index (χ0) is 15.3. The minimum atomic E-state index is -3.39. The van der Waals surface area contributed by atoms with Gasteiger partial charge in [0.25, 0.3) is 0 Å². The molecule has 1 aliphatic rings. The summed E-state index contributed by atoms with van der Waals surface area (Å²) in [5.74, 6) is 0.416. The van der Waals surface area contributed by atoms with Gasteiger partial charge in [0.1, 0.15) is 0 Å². The van der Waals surface area contributed by atoms with Gasteiger partial charge >= 0.3 is 0 Å². The molecule has 0 atom stereocenters. The smallest absolute Gasteiger partial charge is 0.240 e. The highest BCUT2D eigenvalue weighted by atomic mass is 32.2. The van der Waals surface area contributed by atoms with Crippen molar-refractivity contribution in [2.45, 2.75) is 56.4 Å². The third kappa shape index (κ3) is 4.80. The van der Waals surface area contributed by atoms with Crippen molar-refractivity contribution in [2.75, 3.05) is 6.54 Å². The number of hydrogen-bond donors (Lipinski definition) is 2. The van der Waals surface area contributed by atoms with E-state index in [1.54, 1.807) is 12.1 Å². The number of hydrogen-bond acceptors (Lipinski definition) is 3. The van der Waals surface area contributed by atoms with Crippen LogP contribution in [0.25, 0.3) is 0 Å². The molecule has 4 nitrogen and oxygen atoms in total. The zero-order valence-electron chi connectivity index (χ0n) is 12.7. The summed E-state index contributed by atoms with van der Waals surface area (Å²) in [4.78, 5) is 0.356. The molecular weight excluding hydrogens is 284 g/mol. The predicted molar refractivity (Wildman–Crippen MR) is 85.6 cm³/mol. The topological polar surface area (TPSA) is 72.2 Å². The molecule has 2 rings (SSSR count). The molecule has 0 radical (unpaired) electrons. The molecule has 21 heavy (non-hydrogen) atoms. The Labute approximate surface area is 128 Å². The first-order valence-electron chi connectivity index (χ1n) is 7.85. The number of sulfonamides is 1. The van der Waals surface area contributed by atoms with Crippen molar-refractivity contribution < 1.29 is 8.42 Å². The molecule has 0 amide bonds. The van der Waals surface area contributed by atoms with Crippen LogP contribution in [0.1, 0.15) is 44.6 Å². The van der Waals surface area contributed by atoms with Crippen LogP contribution in [0.4, 0.5) is 0 Å². The Bertz CT molecular complexity index is 532. The van der Waals surface area contributed by atoms with Gasteiger partial charge in [-0.1, -0.05) is 25.5 Å². The second-order valence-electron chi connectivity index (χ2n) is 6.03. The summed E-state index contributed by atoms with van der Waals surface area (Å²) >= 11 is 0. The molecule has 0 aliphatic heterocycles. The van der Waals surface area contributed by atoms with Crippen LogP contribution in [0.15, 0.2) is 29.2 Å². The highest BCUT2D eigenvalue weighted by Gasteiger charge is 2.21. The van der Waals surface area contributed by atoms with Gasteiger partial charge in [-0.05, 0) is 55.7 Å². The van der Waals surface area contributed by atoms with Crippen LogP contribution in [0, 0.1) is 5.92 Å². The van der Waals surface area contributed by atoms with Crippen molar-refractivity contribution in [3.63, 3.8) is 0 Å². The van der Waals surface area contributed by atoms with E-state index in [-0.39, 0.29) is 0 Å². The first-order chi connectivity index (χ1) is 10.0. The Morgan fingerprint density at radius 2 is 1.76 bits per heavy atom. The second-order valence-corrected chi connectivity index (χ2v) is 7.79. The maximum Gasteiger partial charge on any atom is 0.240 e. The average Bonchev–Trinajstić information content (AvgIpc) is 2.48. The molecule has 1 saturated carbocycles. The molecule has 1 aromatic carbocycles. The highest BCUT2D eigenvalue weighted by molar-refractivity contribution is 7.89. The van der Waals surface area contributed by atoms with Gasteiger partial charge in [0.2, 0.25) is 10.0 Å². The fraction of sp³-hybridized carbons (Fsp3) is 0.625. The van der Waals surface area contributed by atoms with E-state index in [4.69, 9.17) is 5.73 Å². The minimum Gasteiger partial charge on any atom is -0.328 e. The van der Waals surface area contributed by atoms with Crippen LogP contribution in [-0.4, -0.2) is 21.0 Å². The van der Waals surface area contributed by atoms with Crippen LogP contribution >= 0.6 is 0 Å². The summed E-state index contributed by atoms with van der Waals surface area (Å²) < 4.78 is 27.3. The van der Waals surface area contributed by atoms with Crippen LogP contribution in [-0.2, 0) is 16.4 Å². The molecule has 0 unspecified atom stereocenters. The van der Waals surface area contributed by atoms with Crippen molar-refractivity contribution in [3.05, 3.63) is 29.8 Å². The van der Waals surface area contributed by atoms with E-state index < -0.39 is 10.0 Å². The van der Waals surface area contributed by atoms with E-state index in [1.807, 2.05) is 12.1 Å². The highest BCUT2D eigenvalue weighted by Crippen LogP contribution is 2.23. The summed E-state index contributed by atoms with van der Waals surface area (Å²) in [5, 5.41) is 0.